The zero-order valence-electron chi connectivity index (χ0n) is 10.5. The number of nitrogens with zero attached hydrogens (tertiary/aromatic N) is 1. The van der Waals surface area contributed by atoms with Crippen molar-refractivity contribution in [1.82, 2.24) is 10.2 Å². The van der Waals surface area contributed by atoms with E-state index >= 15 is 0 Å². The van der Waals surface area contributed by atoms with Crippen molar-refractivity contribution in [2.45, 2.75) is 0 Å². The lowest BCUT2D eigenvalue weighted by atomic mass is 10.2. The molecule has 0 radical (unpaired) electrons. The molecule has 1 aromatic carbocycles. The van der Waals surface area contributed by atoms with Crippen LogP contribution in [0.3, 0.4) is 0 Å². The van der Waals surface area contributed by atoms with E-state index < -0.39 is 5.82 Å². The van der Waals surface area contributed by atoms with Crippen molar-refractivity contribution in [2.75, 3.05) is 39.4 Å². The summed E-state index contributed by atoms with van der Waals surface area (Å²) in [5.41, 5.74) is 0.369. The van der Waals surface area contributed by atoms with Gasteiger partial charge < -0.3 is 10.1 Å². The first-order valence-corrected chi connectivity index (χ1v) is 6.58. The maximum absolute atomic E-state index is 13.0. The number of carbonyl (C=O) groups excluding carboxylic acids is 1. The third-order valence-corrected chi connectivity index (χ3v) is 3.29. The van der Waals surface area contributed by atoms with Gasteiger partial charge in [0.25, 0.3) is 5.91 Å². The zero-order valence-corrected chi connectivity index (χ0v) is 11.3. The predicted molar refractivity (Wildman–Crippen MR) is 71.0 cm³/mol. The Balaban J connectivity index is 1.78. The van der Waals surface area contributed by atoms with Crippen LogP contribution < -0.4 is 5.32 Å². The predicted octanol–water partition coefficient (Wildman–Crippen LogP) is 1.54. The van der Waals surface area contributed by atoms with E-state index in [4.69, 9.17) is 16.3 Å². The summed E-state index contributed by atoms with van der Waals surface area (Å²) in [6, 6.07) is 3.95. The van der Waals surface area contributed by atoms with Crippen LogP contribution in [0.4, 0.5) is 4.39 Å². The van der Waals surface area contributed by atoms with Gasteiger partial charge in [0.1, 0.15) is 5.82 Å². The fourth-order valence-electron chi connectivity index (χ4n) is 1.89. The molecule has 104 valence electrons. The maximum Gasteiger partial charge on any atom is 0.251 e. The number of carbonyl (C=O) groups is 1. The summed E-state index contributed by atoms with van der Waals surface area (Å²) in [4.78, 5) is 14.0. The molecule has 0 aromatic heterocycles. The average Bonchev–Trinajstić information content (AvgIpc) is 2.43. The molecule has 0 atom stereocenters. The van der Waals surface area contributed by atoms with Gasteiger partial charge in [-0.2, -0.15) is 0 Å². The lowest BCUT2D eigenvalue weighted by Crippen LogP contribution is -2.41. The monoisotopic (exact) mass is 286 g/mol. The standard InChI is InChI=1S/C13H16ClFN2O2/c14-11-9-10(1-2-12(11)15)13(18)16-3-4-17-5-7-19-8-6-17/h1-2,9H,3-8H2,(H,16,18). The normalized spacial score (nSPS) is 16.3. The molecule has 0 unspecified atom stereocenters. The Kier molecular flexibility index (Phi) is 5.13. The van der Waals surface area contributed by atoms with E-state index in [-0.39, 0.29) is 10.9 Å². The highest BCUT2D eigenvalue weighted by Gasteiger charge is 2.11. The molecule has 2 rings (SSSR count). The highest BCUT2D eigenvalue weighted by Crippen LogP contribution is 2.15. The van der Waals surface area contributed by atoms with Gasteiger partial charge in [0.05, 0.1) is 18.2 Å². The molecule has 1 aromatic rings. The summed E-state index contributed by atoms with van der Waals surface area (Å²) < 4.78 is 18.2. The van der Waals surface area contributed by atoms with E-state index in [1.807, 2.05) is 0 Å². The van der Waals surface area contributed by atoms with E-state index in [1.54, 1.807) is 0 Å². The minimum absolute atomic E-state index is 0.0409. The molecule has 19 heavy (non-hydrogen) atoms. The first-order valence-electron chi connectivity index (χ1n) is 6.20. The first kappa shape index (κ1) is 14.2. The number of benzene rings is 1. The van der Waals surface area contributed by atoms with Crippen molar-refractivity contribution in [3.05, 3.63) is 34.6 Å². The second kappa shape index (κ2) is 6.84. The molecular formula is C13H16ClFN2O2. The molecule has 6 heteroatoms. The lowest BCUT2D eigenvalue weighted by Gasteiger charge is -2.26. The smallest absolute Gasteiger partial charge is 0.251 e. The van der Waals surface area contributed by atoms with E-state index in [1.165, 1.54) is 18.2 Å². The van der Waals surface area contributed by atoms with Crippen molar-refractivity contribution >= 4 is 17.5 Å². The number of morpholine rings is 1. The Labute approximate surface area is 116 Å². The lowest BCUT2D eigenvalue weighted by molar-refractivity contribution is 0.0383. The van der Waals surface area contributed by atoms with Crippen LogP contribution in [0, 0.1) is 5.82 Å². The summed E-state index contributed by atoms with van der Waals surface area (Å²) in [5, 5.41) is 2.75. The molecule has 1 aliphatic rings. The molecule has 0 saturated carbocycles. The van der Waals surface area contributed by atoms with Gasteiger partial charge in [-0.25, -0.2) is 4.39 Å². The highest BCUT2D eigenvalue weighted by atomic mass is 35.5. The second-order valence-corrected chi connectivity index (χ2v) is 4.75. The number of ether oxygens (including phenoxy) is 1. The molecule has 0 bridgehead atoms. The number of halogens is 2. The highest BCUT2D eigenvalue weighted by molar-refractivity contribution is 6.31. The van der Waals surface area contributed by atoms with E-state index in [2.05, 4.69) is 10.2 Å². The van der Waals surface area contributed by atoms with Gasteiger partial charge in [-0.05, 0) is 18.2 Å². The summed E-state index contributed by atoms with van der Waals surface area (Å²) in [6.45, 7) is 4.58. The van der Waals surface area contributed by atoms with Gasteiger partial charge in [0.2, 0.25) is 0 Å². The molecule has 0 aliphatic carbocycles. The molecule has 1 amide bonds. The average molecular weight is 287 g/mol. The summed E-state index contributed by atoms with van der Waals surface area (Å²) in [5.74, 6) is -0.762. The Hall–Kier alpha value is -1.17. The molecule has 1 heterocycles. The third kappa shape index (κ3) is 4.16. The SMILES string of the molecule is O=C(NCCN1CCOCC1)c1ccc(F)c(Cl)c1. The minimum Gasteiger partial charge on any atom is -0.379 e. The molecule has 1 aliphatic heterocycles. The van der Waals surface area contributed by atoms with Gasteiger partial charge in [-0.3, -0.25) is 9.69 Å². The quantitative estimate of drug-likeness (QED) is 0.913. The molecule has 4 nitrogen and oxygen atoms in total. The van der Waals surface area contributed by atoms with Gasteiger partial charge in [0, 0.05) is 31.7 Å². The van der Waals surface area contributed by atoms with Crippen LogP contribution in [-0.4, -0.2) is 50.2 Å². The second-order valence-electron chi connectivity index (χ2n) is 4.34. The number of rotatable bonds is 4. The summed E-state index contributed by atoms with van der Waals surface area (Å²) in [7, 11) is 0. The van der Waals surface area contributed by atoms with Crippen molar-refractivity contribution in [1.29, 1.82) is 0 Å². The Morgan fingerprint density at radius 2 is 2.16 bits per heavy atom. The van der Waals surface area contributed by atoms with Crippen LogP contribution in [0.1, 0.15) is 10.4 Å². The summed E-state index contributed by atoms with van der Waals surface area (Å²) >= 11 is 5.64. The fourth-order valence-corrected chi connectivity index (χ4v) is 2.07. The van der Waals surface area contributed by atoms with Crippen LogP contribution in [0.25, 0.3) is 0 Å². The van der Waals surface area contributed by atoms with Gasteiger partial charge in [0.15, 0.2) is 0 Å². The molecule has 0 spiro atoms. The first-order chi connectivity index (χ1) is 9.16. The van der Waals surface area contributed by atoms with Crippen LogP contribution >= 0.6 is 11.6 Å². The number of nitrogens with one attached hydrogen (secondary N) is 1. The number of hydrogen-bond acceptors (Lipinski definition) is 3. The topological polar surface area (TPSA) is 41.6 Å². The Morgan fingerprint density at radius 3 is 2.84 bits per heavy atom. The minimum atomic E-state index is -0.522. The number of amides is 1. The molecule has 1 saturated heterocycles. The van der Waals surface area contributed by atoms with Crippen LogP contribution in [0.5, 0.6) is 0 Å². The molecule has 1 fully saturated rings. The van der Waals surface area contributed by atoms with Crippen LogP contribution in [-0.2, 0) is 4.74 Å². The molecule has 1 N–H and O–H groups in total. The van der Waals surface area contributed by atoms with Crippen molar-refractivity contribution in [3.8, 4) is 0 Å². The third-order valence-electron chi connectivity index (χ3n) is 3.00. The van der Waals surface area contributed by atoms with Crippen molar-refractivity contribution in [2.24, 2.45) is 0 Å². The zero-order chi connectivity index (χ0) is 13.7. The maximum atomic E-state index is 13.0. The van der Waals surface area contributed by atoms with Crippen molar-refractivity contribution in [3.63, 3.8) is 0 Å². The van der Waals surface area contributed by atoms with Crippen molar-refractivity contribution < 1.29 is 13.9 Å². The van der Waals surface area contributed by atoms with E-state index in [0.29, 0.717) is 12.1 Å². The van der Waals surface area contributed by atoms with Gasteiger partial charge in [-0.15, -0.1) is 0 Å². The Morgan fingerprint density at radius 1 is 1.42 bits per heavy atom. The molecular weight excluding hydrogens is 271 g/mol. The van der Waals surface area contributed by atoms with Gasteiger partial charge >= 0.3 is 0 Å². The van der Waals surface area contributed by atoms with Crippen LogP contribution in [0.15, 0.2) is 18.2 Å². The van der Waals surface area contributed by atoms with E-state index in [9.17, 15) is 9.18 Å². The Bertz CT molecular complexity index is 450. The number of hydrogen-bond donors (Lipinski definition) is 1. The largest absolute Gasteiger partial charge is 0.379 e. The fraction of sp³-hybridized carbons (Fsp3) is 0.462. The van der Waals surface area contributed by atoms with E-state index in [0.717, 1.165) is 32.8 Å². The summed E-state index contributed by atoms with van der Waals surface area (Å²) in [6.07, 6.45) is 0. The van der Waals surface area contributed by atoms with Crippen LogP contribution in [0.2, 0.25) is 5.02 Å². The van der Waals surface area contributed by atoms with Gasteiger partial charge in [-0.1, -0.05) is 11.6 Å².